The van der Waals surface area contributed by atoms with Gasteiger partial charge in [-0.3, -0.25) is 9.78 Å². The van der Waals surface area contributed by atoms with E-state index in [1.807, 2.05) is 55.5 Å². The topological polar surface area (TPSA) is 57.8 Å². The minimum atomic E-state index is -0.0350. The van der Waals surface area contributed by atoms with Crippen LogP contribution in [0.15, 0.2) is 60.8 Å². The zero-order valence-corrected chi connectivity index (χ0v) is 18.0. The van der Waals surface area contributed by atoms with Crippen LogP contribution in [-0.2, 0) is 11.2 Å². The molecule has 0 aliphatic carbocycles. The molecule has 0 unspecified atom stereocenters. The summed E-state index contributed by atoms with van der Waals surface area (Å²) in [5.41, 5.74) is 5.67. The Bertz CT molecular complexity index is 1200. The van der Waals surface area contributed by atoms with E-state index >= 15 is 0 Å². The number of hydrogen-bond acceptors (Lipinski definition) is 2. The van der Waals surface area contributed by atoms with E-state index < -0.39 is 0 Å². The molecule has 0 aliphatic heterocycles. The molecule has 2 aromatic carbocycles. The maximum absolute atomic E-state index is 12.4. The van der Waals surface area contributed by atoms with E-state index in [4.69, 9.17) is 23.2 Å². The number of anilines is 1. The van der Waals surface area contributed by atoms with Gasteiger partial charge in [0, 0.05) is 39.3 Å². The van der Waals surface area contributed by atoms with Crippen LogP contribution in [0.5, 0.6) is 0 Å². The van der Waals surface area contributed by atoms with Crippen molar-refractivity contribution in [3.8, 4) is 11.4 Å². The number of fused-ring (bicyclic) bond motifs is 1. The predicted octanol–water partition coefficient (Wildman–Crippen LogP) is 6.81. The van der Waals surface area contributed by atoms with Gasteiger partial charge in [0.15, 0.2) is 0 Å². The first-order valence-electron chi connectivity index (χ1n) is 9.79. The van der Waals surface area contributed by atoms with Gasteiger partial charge in [-0.25, -0.2) is 0 Å². The smallest absolute Gasteiger partial charge is 0.224 e. The molecule has 6 heteroatoms. The highest BCUT2D eigenvalue weighted by atomic mass is 35.5. The summed E-state index contributed by atoms with van der Waals surface area (Å²) in [6.45, 7) is 1.93. The molecule has 0 saturated carbocycles. The number of amides is 1. The molecule has 4 nitrogen and oxygen atoms in total. The first-order chi connectivity index (χ1) is 14.5. The van der Waals surface area contributed by atoms with Gasteiger partial charge < -0.3 is 10.3 Å². The van der Waals surface area contributed by atoms with Gasteiger partial charge in [0.1, 0.15) is 0 Å². The third-order valence-electron chi connectivity index (χ3n) is 5.08. The number of nitrogens with zero attached hydrogens (tertiary/aromatic N) is 1. The van der Waals surface area contributed by atoms with Crippen molar-refractivity contribution in [2.24, 2.45) is 0 Å². The number of carbonyl (C=O) groups is 1. The molecule has 30 heavy (non-hydrogen) atoms. The average Bonchev–Trinajstić information content (AvgIpc) is 3.09. The van der Waals surface area contributed by atoms with Gasteiger partial charge in [0.2, 0.25) is 5.91 Å². The number of rotatable bonds is 6. The summed E-state index contributed by atoms with van der Waals surface area (Å²) in [4.78, 5) is 20.4. The number of hydrogen-bond donors (Lipinski definition) is 2. The number of aromatic nitrogens is 2. The van der Waals surface area contributed by atoms with Crippen LogP contribution >= 0.6 is 23.2 Å². The summed E-state index contributed by atoms with van der Waals surface area (Å²) in [5, 5.41) is 5.31. The molecule has 0 radical (unpaired) electrons. The van der Waals surface area contributed by atoms with E-state index in [1.54, 1.807) is 12.3 Å². The van der Waals surface area contributed by atoms with Crippen molar-refractivity contribution in [2.45, 2.75) is 26.2 Å². The number of benzene rings is 2. The largest absolute Gasteiger partial charge is 0.353 e. The van der Waals surface area contributed by atoms with Crippen molar-refractivity contribution in [1.29, 1.82) is 0 Å². The fourth-order valence-electron chi connectivity index (χ4n) is 3.53. The highest BCUT2D eigenvalue weighted by Crippen LogP contribution is 2.32. The predicted molar refractivity (Wildman–Crippen MR) is 124 cm³/mol. The summed E-state index contributed by atoms with van der Waals surface area (Å²) < 4.78 is 0. The van der Waals surface area contributed by atoms with Crippen LogP contribution in [0.1, 0.15) is 24.0 Å². The molecule has 4 rings (SSSR count). The molecule has 0 bridgehead atoms. The van der Waals surface area contributed by atoms with E-state index in [1.165, 1.54) is 0 Å². The van der Waals surface area contributed by atoms with E-state index in [0.29, 0.717) is 28.6 Å². The lowest BCUT2D eigenvalue weighted by molar-refractivity contribution is -0.116. The van der Waals surface area contributed by atoms with Crippen LogP contribution in [0.4, 0.5) is 5.69 Å². The lowest BCUT2D eigenvalue weighted by Gasteiger charge is -2.08. The van der Waals surface area contributed by atoms with E-state index in [0.717, 1.165) is 39.8 Å². The van der Waals surface area contributed by atoms with Crippen molar-refractivity contribution >= 4 is 45.7 Å². The SMILES string of the molecule is Cc1ccc(NC(=O)CCCc2c(-c3ccccn3)[nH]c3ccc(Cl)cc23)cc1Cl. The standard InChI is InChI=1S/C24H21Cl2N3O/c1-15-8-10-17(14-20(15)26)28-23(30)7-4-5-18-19-13-16(25)9-11-21(19)29-24(18)22-6-2-3-12-27-22/h2-3,6,8-14,29H,4-5,7H2,1H3,(H,28,30). The Labute approximate surface area is 185 Å². The fourth-order valence-corrected chi connectivity index (χ4v) is 3.88. The Morgan fingerprint density at radius 1 is 1.10 bits per heavy atom. The van der Waals surface area contributed by atoms with Crippen molar-refractivity contribution in [3.05, 3.63) is 82.0 Å². The molecule has 0 saturated heterocycles. The summed E-state index contributed by atoms with van der Waals surface area (Å²) in [6, 6.07) is 17.2. The molecule has 2 N–H and O–H groups in total. The summed E-state index contributed by atoms with van der Waals surface area (Å²) in [7, 11) is 0. The molecule has 0 aliphatic rings. The number of pyridine rings is 1. The number of nitrogens with one attached hydrogen (secondary N) is 2. The number of carbonyl (C=O) groups excluding carboxylic acids is 1. The Balaban J connectivity index is 1.51. The van der Waals surface area contributed by atoms with Gasteiger partial charge in [-0.05, 0) is 73.4 Å². The molecule has 2 heterocycles. The van der Waals surface area contributed by atoms with Crippen LogP contribution in [-0.4, -0.2) is 15.9 Å². The number of aryl methyl sites for hydroxylation is 2. The van der Waals surface area contributed by atoms with E-state index in [2.05, 4.69) is 15.3 Å². The Kier molecular flexibility index (Phi) is 6.07. The van der Waals surface area contributed by atoms with Crippen molar-refractivity contribution < 1.29 is 4.79 Å². The summed E-state index contributed by atoms with van der Waals surface area (Å²) in [6.07, 6.45) is 3.61. The number of aromatic amines is 1. The second-order valence-electron chi connectivity index (χ2n) is 7.25. The molecule has 4 aromatic rings. The number of halogens is 2. The average molecular weight is 438 g/mol. The minimum absolute atomic E-state index is 0.0350. The van der Waals surface area contributed by atoms with Gasteiger partial charge in [0.25, 0.3) is 0 Å². The Morgan fingerprint density at radius 3 is 2.73 bits per heavy atom. The second kappa shape index (κ2) is 8.90. The van der Waals surface area contributed by atoms with Crippen LogP contribution in [0.2, 0.25) is 10.0 Å². The van der Waals surface area contributed by atoms with Crippen LogP contribution in [0.3, 0.4) is 0 Å². The van der Waals surface area contributed by atoms with E-state index in [9.17, 15) is 4.79 Å². The molecule has 152 valence electrons. The zero-order valence-electron chi connectivity index (χ0n) is 16.5. The normalized spacial score (nSPS) is 11.0. The molecular formula is C24H21Cl2N3O. The van der Waals surface area contributed by atoms with Gasteiger partial charge >= 0.3 is 0 Å². The van der Waals surface area contributed by atoms with Crippen molar-refractivity contribution in [3.63, 3.8) is 0 Å². The van der Waals surface area contributed by atoms with Crippen molar-refractivity contribution in [1.82, 2.24) is 9.97 Å². The quantitative estimate of drug-likeness (QED) is 0.348. The van der Waals surface area contributed by atoms with Crippen LogP contribution in [0.25, 0.3) is 22.3 Å². The molecular weight excluding hydrogens is 417 g/mol. The Morgan fingerprint density at radius 2 is 1.97 bits per heavy atom. The van der Waals surface area contributed by atoms with Crippen molar-refractivity contribution in [2.75, 3.05) is 5.32 Å². The zero-order chi connectivity index (χ0) is 21.1. The third-order valence-corrected chi connectivity index (χ3v) is 5.72. The summed E-state index contributed by atoms with van der Waals surface area (Å²) >= 11 is 12.4. The van der Waals surface area contributed by atoms with Gasteiger partial charge in [-0.1, -0.05) is 35.3 Å². The second-order valence-corrected chi connectivity index (χ2v) is 8.09. The third kappa shape index (κ3) is 4.50. The lowest BCUT2D eigenvalue weighted by Crippen LogP contribution is -2.11. The number of H-pyrrole nitrogens is 1. The maximum atomic E-state index is 12.4. The van der Waals surface area contributed by atoms with Gasteiger partial charge in [-0.15, -0.1) is 0 Å². The highest BCUT2D eigenvalue weighted by Gasteiger charge is 2.15. The summed E-state index contributed by atoms with van der Waals surface area (Å²) in [5.74, 6) is -0.0350. The van der Waals surface area contributed by atoms with Crippen LogP contribution in [0, 0.1) is 6.92 Å². The highest BCUT2D eigenvalue weighted by molar-refractivity contribution is 6.31. The molecule has 2 aromatic heterocycles. The molecule has 0 atom stereocenters. The van der Waals surface area contributed by atoms with Crippen LogP contribution < -0.4 is 5.32 Å². The maximum Gasteiger partial charge on any atom is 0.224 e. The Hall–Kier alpha value is -2.82. The molecule has 0 fully saturated rings. The van der Waals surface area contributed by atoms with E-state index in [-0.39, 0.29) is 5.91 Å². The fraction of sp³-hybridized carbons (Fsp3) is 0.167. The lowest BCUT2D eigenvalue weighted by atomic mass is 10.0. The van der Waals surface area contributed by atoms with Gasteiger partial charge in [0.05, 0.1) is 11.4 Å². The molecule has 0 spiro atoms. The first kappa shape index (κ1) is 20.5. The minimum Gasteiger partial charge on any atom is -0.353 e. The monoisotopic (exact) mass is 437 g/mol. The van der Waals surface area contributed by atoms with Gasteiger partial charge in [-0.2, -0.15) is 0 Å². The molecule has 1 amide bonds. The first-order valence-corrected chi connectivity index (χ1v) is 10.5.